The fraction of sp³-hybridized carbons (Fsp3) is 0.417. The quantitative estimate of drug-likeness (QED) is 0.941. The summed E-state index contributed by atoms with van der Waals surface area (Å²) in [7, 11) is 0. The summed E-state index contributed by atoms with van der Waals surface area (Å²) in [6.07, 6.45) is 1.71. The van der Waals surface area contributed by atoms with Crippen molar-refractivity contribution in [2.75, 3.05) is 6.54 Å². The number of aromatic nitrogens is 1. The van der Waals surface area contributed by atoms with Gasteiger partial charge in [-0.3, -0.25) is 0 Å². The van der Waals surface area contributed by atoms with Crippen LogP contribution in [0.4, 0.5) is 0 Å². The fourth-order valence-corrected chi connectivity index (χ4v) is 2.16. The number of hydrogen-bond donors (Lipinski definition) is 1. The van der Waals surface area contributed by atoms with Gasteiger partial charge in [-0.05, 0) is 53.9 Å². The van der Waals surface area contributed by atoms with Crippen molar-refractivity contribution >= 4 is 27.0 Å². The fourth-order valence-electron chi connectivity index (χ4n) is 1.78. The first-order chi connectivity index (χ1) is 7.63. The van der Waals surface area contributed by atoms with E-state index in [2.05, 4.69) is 40.8 Å². The van der Waals surface area contributed by atoms with Gasteiger partial charge in [0, 0.05) is 6.42 Å². The minimum atomic E-state index is 0.665. The number of benzene rings is 1. The molecule has 0 saturated heterocycles. The molecule has 0 fully saturated rings. The topological polar surface area (TPSA) is 52.0 Å². The molecule has 3 nitrogen and oxygen atoms in total. The van der Waals surface area contributed by atoms with E-state index < -0.39 is 0 Å². The number of hydrogen-bond acceptors (Lipinski definition) is 3. The number of aryl methyl sites for hydroxylation is 3. The maximum absolute atomic E-state index is 5.75. The van der Waals surface area contributed by atoms with E-state index in [-0.39, 0.29) is 0 Å². The maximum Gasteiger partial charge on any atom is 0.195 e. The molecule has 86 valence electrons. The van der Waals surface area contributed by atoms with E-state index in [9.17, 15) is 0 Å². The molecule has 2 aromatic rings. The highest BCUT2D eigenvalue weighted by atomic mass is 79.9. The van der Waals surface area contributed by atoms with E-state index in [1.807, 2.05) is 0 Å². The van der Waals surface area contributed by atoms with E-state index in [0.717, 1.165) is 39.9 Å². The van der Waals surface area contributed by atoms with Crippen LogP contribution in [0.5, 0.6) is 0 Å². The van der Waals surface area contributed by atoms with Crippen LogP contribution >= 0.6 is 15.9 Å². The summed E-state index contributed by atoms with van der Waals surface area (Å²) in [5.74, 6) is 0.773. The van der Waals surface area contributed by atoms with Gasteiger partial charge in [-0.15, -0.1) is 0 Å². The minimum Gasteiger partial charge on any atom is -0.439 e. The molecule has 0 saturated carbocycles. The summed E-state index contributed by atoms with van der Waals surface area (Å²) < 4.78 is 6.75. The Morgan fingerprint density at radius 2 is 2.12 bits per heavy atom. The summed E-state index contributed by atoms with van der Waals surface area (Å²) in [4.78, 5) is 4.50. The van der Waals surface area contributed by atoms with Crippen LogP contribution in [0, 0.1) is 13.8 Å². The van der Waals surface area contributed by atoms with Gasteiger partial charge in [-0.1, -0.05) is 6.07 Å². The first kappa shape index (κ1) is 11.6. The minimum absolute atomic E-state index is 0.665. The molecule has 4 heteroatoms. The predicted molar refractivity (Wildman–Crippen MR) is 68.6 cm³/mol. The van der Waals surface area contributed by atoms with E-state index in [1.54, 1.807) is 0 Å². The van der Waals surface area contributed by atoms with Crippen molar-refractivity contribution in [2.24, 2.45) is 5.73 Å². The summed E-state index contributed by atoms with van der Waals surface area (Å²) in [5, 5.41) is 0. The van der Waals surface area contributed by atoms with Gasteiger partial charge in [-0.25, -0.2) is 4.98 Å². The number of oxazole rings is 1. The average Bonchev–Trinajstić information content (AvgIpc) is 2.68. The molecule has 2 rings (SSSR count). The lowest BCUT2D eigenvalue weighted by Gasteiger charge is -1.99. The van der Waals surface area contributed by atoms with Crippen molar-refractivity contribution in [3.63, 3.8) is 0 Å². The van der Waals surface area contributed by atoms with Gasteiger partial charge in [0.25, 0.3) is 0 Å². The standard InChI is InChI=1S/C12H15BrN2O/c1-7-6-8(2)11-12(10(7)13)16-9(15-11)4-3-5-14/h6H,3-5,14H2,1-2H3. The molecule has 0 unspecified atom stereocenters. The number of fused-ring (bicyclic) bond motifs is 1. The highest BCUT2D eigenvalue weighted by molar-refractivity contribution is 9.10. The highest BCUT2D eigenvalue weighted by Crippen LogP contribution is 2.30. The highest BCUT2D eigenvalue weighted by Gasteiger charge is 2.12. The Kier molecular flexibility index (Phi) is 3.30. The maximum atomic E-state index is 5.75. The molecule has 16 heavy (non-hydrogen) atoms. The van der Waals surface area contributed by atoms with Crippen molar-refractivity contribution < 1.29 is 4.42 Å². The van der Waals surface area contributed by atoms with Gasteiger partial charge in [0.1, 0.15) is 5.52 Å². The predicted octanol–water partition coefficient (Wildman–Crippen LogP) is 3.10. The zero-order valence-corrected chi connectivity index (χ0v) is 11.1. The third-order valence-electron chi connectivity index (χ3n) is 2.62. The van der Waals surface area contributed by atoms with Crippen LogP contribution in [0.1, 0.15) is 23.4 Å². The Balaban J connectivity index is 2.52. The van der Waals surface area contributed by atoms with Crippen LogP contribution in [-0.4, -0.2) is 11.5 Å². The second-order valence-electron chi connectivity index (χ2n) is 4.00. The molecule has 0 bridgehead atoms. The number of rotatable bonds is 3. The number of nitrogens with two attached hydrogens (primary N) is 1. The van der Waals surface area contributed by atoms with Gasteiger partial charge >= 0.3 is 0 Å². The van der Waals surface area contributed by atoms with Crippen LogP contribution in [0.3, 0.4) is 0 Å². The summed E-state index contributed by atoms with van der Waals surface area (Å²) in [6, 6.07) is 2.11. The summed E-state index contributed by atoms with van der Waals surface area (Å²) in [5.41, 5.74) is 9.60. The zero-order valence-electron chi connectivity index (χ0n) is 9.51. The smallest absolute Gasteiger partial charge is 0.195 e. The molecule has 0 aliphatic rings. The third kappa shape index (κ3) is 1.99. The molecular weight excluding hydrogens is 268 g/mol. The third-order valence-corrected chi connectivity index (χ3v) is 3.60. The molecule has 1 aromatic carbocycles. The molecule has 2 N–H and O–H groups in total. The first-order valence-electron chi connectivity index (χ1n) is 5.38. The van der Waals surface area contributed by atoms with Gasteiger partial charge in [0.05, 0.1) is 4.47 Å². The van der Waals surface area contributed by atoms with Gasteiger partial charge in [-0.2, -0.15) is 0 Å². The first-order valence-corrected chi connectivity index (χ1v) is 6.18. The van der Waals surface area contributed by atoms with E-state index in [4.69, 9.17) is 10.2 Å². The Morgan fingerprint density at radius 3 is 2.81 bits per heavy atom. The number of nitrogens with zero attached hydrogens (tertiary/aromatic N) is 1. The van der Waals surface area contributed by atoms with Gasteiger partial charge < -0.3 is 10.2 Å². The second kappa shape index (κ2) is 4.55. The molecule has 0 radical (unpaired) electrons. The molecule has 0 aliphatic heterocycles. The van der Waals surface area contributed by atoms with Crippen molar-refractivity contribution in [1.82, 2.24) is 4.98 Å². The molecular formula is C12H15BrN2O. The molecule has 0 spiro atoms. The number of halogens is 1. The van der Waals surface area contributed by atoms with Crippen molar-refractivity contribution in [1.29, 1.82) is 0 Å². The SMILES string of the molecule is Cc1cc(C)c2nc(CCCN)oc2c1Br. The Bertz CT molecular complexity index is 519. The van der Waals surface area contributed by atoms with Crippen molar-refractivity contribution in [2.45, 2.75) is 26.7 Å². The van der Waals surface area contributed by atoms with Crippen molar-refractivity contribution in [3.05, 3.63) is 27.6 Å². The molecule has 1 aromatic heterocycles. The molecule has 1 heterocycles. The van der Waals surface area contributed by atoms with Gasteiger partial charge in [0.15, 0.2) is 11.5 Å². The van der Waals surface area contributed by atoms with Crippen LogP contribution < -0.4 is 5.73 Å². The van der Waals surface area contributed by atoms with Crippen LogP contribution in [0.25, 0.3) is 11.1 Å². The average molecular weight is 283 g/mol. The largest absolute Gasteiger partial charge is 0.439 e. The zero-order chi connectivity index (χ0) is 11.7. The molecule has 0 amide bonds. The lowest BCUT2D eigenvalue weighted by Crippen LogP contribution is -2.00. The van der Waals surface area contributed by atoms with Gasteiger partial charge in [0.2, 0.25) is 0 Å². The summed E-state index contributed by atoms with van der Waals surface area (Å²) in [6.45, 7) is 4.77. The monoisotopic (exact) mass is 282 g/mol. The Morgan fingerprint density at radius 1 is 1.38 bits per heavy atom. The second-order valence-corrected chi connectivity index (χ2v) is 4.79. The lowest BCUT2D eigenvalue weighted by molar-refractivity contribution is 0.520. The molecule has 0 atom stereocenters. The lowest BCUT2D eigenvalue weighted by atomic mass is 10.1. The summed E-state index contributed by atoms with van der Waals surface area (Å²) >= 11 is 3.54. The Hall–Kier alpha value is -0.870. The Labute approximate surface area is 103 Å². The van der Waals surface area contributed by atoms with Crippen LogP contribution in [0.2, 0.25) is 0 Å². The van der Waals surface area contributed by atoms with Crippen LogP contribution in [-0.2, 0) is 6.42 Å². The van der Waals surface area contributed by atoms with Crippen molar-refractivity contribution in [3.8, 4) is 0 Å². The van der Waals surface area contributed by atoms with Crippen LogP contribution in [0.15, 0.2) is 15.0 Å². The van der Waals surface area contributed by atoms with E-state index in [0.29, 0.717) is 6.54 Å². The normalized spacial score (nSPS) is 11.2. The molecule has 0 aliphatic carbocycles. The van der Waals surface area contributed by atoms with E-state index >= 15 is 0 Å². The van der Waals surface area contributed by atoms with E-state index in [1.165, 1.54) is 5.56 Å².